The molecule has 3 N–H and O–H groups in total. The van der Waals surface area contributed by atoms with E-state index in [-0.39, 0.29) is 11.8 Å². The fourth-order valence-electron chi connectivity index (χ4n) is 3.08. The van der Waals surface area contributed by atoms with Gasteiger partial charge in [-0.25, -0.2) is 4.98 Å². The summed E-state index contributed by atoms with van der Waals surface area (Å²) in [4.78, 5) is 32.6. The minimum Gasteiger partial charge on any atom is -0.360 e. The molecule has 146 valence electrons. The van der Waals surface area contributed by atoms with Crippen LogP contribution >= 0.6 is 11.3 Å². The molecule has 0 aliphatic carbocycles. The van der Waals surface area contributed by atoms with Crippen LogP contribution in [0.25, 0.3) is 22.2 Å². The van der Waals surface area contributed by atoms with Crippen molar-refractivity contribution in [3.05, 3.63) is 71.2 Å². The average Bonchev–Trinajstić information content (AvgIpc) is 3.34. The van der Waals surface area contributed by atoms with Crippen LogP contribution in [-0.2, 0) is 4.79 Å². The number of anilines is 1. The van der Waals surface area contributed by atoms with Crippen LogP contribution in [0, 0.1) is 6.92 Å². The zero-order chi connectivity index (χ0) is 20.4. The zero-order valence-electron chi connectivity index (χ0n) is 16.0. The van der Waals surface area contributed by atoms with Gasteiger partial charge in [0.15, 0.2) is 5.13 Å². The van der Waals surface area contributed by atoms with Crippen LogP contribution in [0.3, 0.4) is 0 Å². The van der Waals surface area contributed by atoms with Crippen molar-refractivity contribution in [1.82, 2.24) is 15.3 Å². The van der Waals surface area contributed by atoms with E-state index in [0.29, 0.717) is 10.7 Å². The number of aryl methyl sites for hydroxylation is 1. The number of hydrogen-bond donors (Lipinski definition) is 3. The molecule has 0 unspecified atom stereocenters. The number of nitrogens with one attached hydrogen (secondary N) is 3. The van der Waals surface area contributed by atoms with Crippen molar-refractivity contribution in [2.45, 2.75) is 19.9 Å². The number of hydrogen-bond acceptors (Lipinski definition) is 4. The minimum atomic E-state index is -0.691. The van der Waals surface area contributed by atoms with Gasteiger partial charge in [-0.1, -0.05) is 35.9 Å². The number of thiazole rings is 1. The number of amides is 2. The standard InChI is InChI=1S/C22H20N4O2S/c1-13-6-5-7-15(10-13)21(28)24-14(2)20(27)26-22-25-19(12-29-22)17-11-23-18-9-4-3-8-16(17)18/h3-12,14,23H,1-2H3,(H,24,28)(H,25,26,27)/t14-/m1/s1. The van der Waals surface area contributed by atoms with Crippen molar-refractivity contribution in [2.75, 3.05) is 5.32 Å². The van der Waals surface area contributed by atoms with E-state index in [1.165, 1.54) is 11.3 Å². The maximum atomic E-state index is 12.5. The quantitative estimate of drug-likeness (QED) is 0.462. The summed E-state index contributed by atoms with van der Waals surface area (Å²) in [6, 6.07) is 14.5. The molecular formula is C22H20N4O2S. The van der Waals surface area contributed by atoms with E-state index in [9.17, 15) is 9.59 Å². The second kappa shape index (κ2) is 7.89. The molecular weight excluding hydrogens is 384 g/mol. The molecule has 29 heavy (non-hydrogen) atoms. The Labute approximate surface area is 172 Å². The van der Waals surface area contributed by atoms with E-state index >= 15 is 0 Å². The molecule has 0 aliphatic heterocycles. The molecule has 6 nitrogen and oxygen atoms in total. The van der Waals surface area contributed by atoms with Gasteiger partial charge in [0.05, 0.1) is 5.69 Å². The van der Waals surface area contributed by atoms with Crippen LogP contribution < -0.4 is 10.6 Å². The summed E-state index contributed by atoms with van der Waals surface area (Å²) in [7, 11) is 0. The van der Waals surface area contributed by atoms with Crippen molar-refractivity contribution in [3.63, 3.8) is 0 Å². The number of carbonyl (C=O) groups excluding carboxylic acids is 2. The number of aromatic amines is 1. The molecule has 0 saturated carbocycles. The van der Waals surface area contributed by atoms with Crippen molar-refractivity contribution in [3.8, 4) is 11.3 Å². The monoisotopic (exact) mass is 404 g/mol. The van der Waals surface area contributed by atoms with E-state index in [4.69, 9.17) is 0 Å². The van der Waals surface area contributed by atoms with Crippen LogP contribution in [0.5, 0.6) is 0 Å². The van der Waals surface area contributed by atoms with Gasteiger partial charge >= 0.3 is 0 Å². The summed E-state index contributed by atoms with van der Waals surface area (Å²) in [5.41, 5.74) is 4.33. The normalized spacial score (nSPS) is 11.9. The lowest BCUT2D eigenvalue weighted by atomic mass is 10.1. The van der Waals surface area contributed by atoms with Crippen molar-refractivity contribution in [2.24, 2.45) is 0 Å². The van der Waals surface area contributed by atoms with Crippen LogP contribution in [-0.4, -0.2) is 27.8 Å². The molecule has 0 spiro atoms. The van der Waals surface area contributed by atoms with Crippen molar-refractivity contribution >= 4 is 39.2 Å². The number of rotatable bonds is 5. The summed E-state index contributed by atoms with van der Waals surface area (Å²) >= 11 is 1.35. The first-order valence-electron chi connectivity index (χ1n) is 9.21. The Morgan fingerprint density at radius 2 is 1.97 bits per heavy atom. The van der Waals surface area contributed by atoms with E-state index in [2.05, 4.69) is 20.6 Å². The van der Waals surface area contributed by atoms with Gasteiger partial charge in [0.1, 0.15) is 6.04 Å². The molecule has 2 aromatic heterocycles. The van der Waals surface area contributed by atoms with E-state index in [1.807, 2.05) is 54.9 Å². The number of H-pyrrole nitrogens is 1. The predicted octanol–water partition coefficient (Wildman–Crippen LogP) is 4.36. The molecule has 2 amide bonds. The Balaban J connectivity index is 1.43. The molecule has 0 aliphatic rings. The predicted molar refractivity (Wildman–Crippen MR) is 116 cm³/mol. The number of carbonyl (C=O) groups is 2. The number of para-hydroxylation sites is 1. The third-order valence-corrected chi connectivity index (χ3v) is 5.38. The molecule has 2 aromatic carbocycles. The highest BCUT2D eigenvalue weighted by Crippen LogP contribution is 2.30. The topological polar surface area (TPSA) is 86.9 Å². The van der Waals surface area contributed by atoms with E-state index < -0.39 is 6.04 Å². The molecule has 7 heteroatoms. The summed E-state index contributed by atoms with van der Waals surface area (Å²) in [5.74, 6) is -0.596. The maximum Gasteiger partial charge on any atom is 0.251 e. The Bertz CT molecular complexity index is 1190. The fraction of sp³-hybridized carbons (Fsp3) is 0.136. The lowest BCUT2D eigenvalue weighted by Crippen LogP contribution is -2.41. The smallest absolute Gasteiger partial charge is 0.251 e. The molecule has 4 rings (SSSR count). The molecule has 0 saturated heterocycles. The first-order valence-corrected chi connectivity index (χ1v) is 10.1. The Morgan fingerprint density at radius 3 is 2.79 bits per heavy atom. The summed E-state index contributed by atoms with van der Waals surface area (Å²) < 4.78 is 0. The van der Waals surface area contributed by atoms with Gasteiger partial charge in [0.2, 0.25) is 5.91 Å². The summed E-state index contributed by atoms with van der Waals surface area (Å²) in [5, 5.41) is 8.98. The number of nitrogens with zero attached hydrogens (tertiary/aromatic N) is 1. The van der Waals surface area contributed by atoms with Crippen LogP contribution in [0.4, 0.5) is 5.13 Å². The third kappa shape index (κ3) is 4.05. The van der Waals surface area contributed by atoms with E-state index in [1.54, 1.807) is 19.1 Å². The second-order valence-corrected chi connectivity index (χ2v) is 7.70. The number of fused-ring (bicyclic) bond motifs is 1. The molecule has 4 aromatic rings. The average molecular weight is 404 g/mol. The highest BCUT2D eigenvalue weighted by Gasteiger charge is 2.18. The largest absolute Gasteiger partial charge is 0.360 e. The Kier molecular flexibility index (Phi) is 5.14. The van der Waals surface area contributed by atoms with Gasteiger partial charge < -0.3 is 15.6 Å². The molecule has 2 heterocycles. The van der Waals surface area contributed by atoms with Gasteiger partial charge in [-0.15, -0.1) is 11.3 Å². The SMILES string of the molecule is Cc1cccc(C(=O)N[C@H](C)C(=O)Nc2nc(-c3c[nH]c4ccccc34)cs2)c1. The van der Waals surface area contributed by atoms with Crippen molar-refractivity contribution < 1.29 is 9.59 Å². The highest BCUT2D eigenvalue weighted by molar-refractivity contribution is 7.14. The van der Waals surface area contributed by atoms with Gasteiger partial charge in [-0.2, -0.15) is 0 Å². The number of benzene rings is 2. The second-order valence-electron chi connectivity index (χ2n) is 6.84. The summed E-state index contributed by atoms with van der Waals surface area (Å²) in [6.45, 7) is 3.57. The fourth-order valence-corrected chi connectivity index (χ4v) is 3.80. The van der Waals surface area contributed by atoms with E-state index in [0.717, 1.165) is 27.7 Å². The highest BCUT2D eigenvalue weighted by atomic mass is 32.1. The molecule has 1 atom stereocenters. The van der Waals surface area contributed by atoms with Crippen molar-refractivity contribution in [1.29, 1.82) is 0 Å². The molecule has 0 bridgehead atoms. The first kappa shape index (κ1) is 18.9. The Morgan fingerprint density at radius 1 is 1.14 bits per heavy atom. The minimum absolute atomic E-state index is 0.282. The van der Waals surface area contributed by atoms with Crippen LogP contribution in [0.15, 0.2) is 60.1 Å². The van der Waals surface area contributed by atoms with Gasteiger partial charge in [-0.05, 0) is 32.0 Å². The molecule has 0 fully saturated rings. The molecule has 0 radical (unpaired) electrons. The van der Waals surface area contributed by atoms with Crippen LogP contribution in [0.2, 0.25) is 0 Å². The lowest BCUT2D eigenvalue weighted by Gasteiger charge is -2.13. The van der Waals surface area contributed by atoms with Gasteiger partial charge in [0, 0.05) is 33.6 Å². The lowest BCUT2D eigenvalue weighted by molar-refractivity contribution is -0.117. The summed E-state index contributed by atoms with van der Waals surface area (Å²) in [6.07, 6.45) is 1.91. The van der Waals surface area contributed by atoms with Crippen LogP contribution in [0.1, 0.15) is 22.8 Å². The van der Waals surface area contributed by atoms with Gasteiger partial charge in [0.25, 0.3) is 5.91 Å². The van der Waals surface area contributed by atoms with Gasteiger partial charge in [-0.3, -0.25) is 9.59 Å². The maximum absolute atomic E-state index is 12.5. The third-order valence-electron chi connectivity index (χ3n) is 4.62. The number of aromatic nitrogens is 2. The zero-order valence-corrected chi connectivity index (χ0v) is 16.8. The first-order chi connectivity index (χ1) is 14.0. The Hall–Kier alpha value is -3.45.